The van der Waals surface area contributed by atoms with Gasteiger partial charge in [0.2, 0.25) is 0 Å². The van der Waals surface area contributed by atoms with E-state index >= 15 is 0 Å². The Morgan fingerprint density at radius 2 is 1.45 bits per heavy atom. The van der Waals surface area contributed by atoms with Crippen LogP contribution in [-0.4, -0.2) is 24.0 Å². The Hall–Kier alpha value is -1.27. The van der Waals surface area contributed by atoms with E-state index in [4.69, 9.17) is 0 Å². The number of hydrogen-bond donors (Lipinski definition) is 2. The second-order valence-electron chi connectivity index (χ2n) is 6.92. The molecule has 0 unspecified atom stereocenters. The van der Waals surface area contributed by atoms with Crippen LogP contribution in [0.15, 0.2) is 23.1 Å². The summed E-state index contributed by atoms with van der Waals surface area (Å²) >= 11 is 0. The van der Waals surface area contributed by atoms with Crippen LogP contribution in [0.3, 0.4) is 0 Å². The normalized spacial score (nSPS) is 13.2. The number of hydrogen-bond acceptors (Lipinski definition) is 5. The molecule has 0 heterocycles. The first-order chi connectivity index (χ1) is 8.78. The highest BCUT2D eigenvalue weighted by atomic mass is 32.2. The van der Waals surface area contributed by atoms with Crippen molar-refractivity contribution < 1.29 is 13.0 Å². The summed E-state index contributed by atoms with van der Waals surface area (Å²) in [6.07, 6.45) is 0. The van der Waals surface area contributed by atoms with Crippen molar-refractivity contribution in [1.82, 2.24) is 0 Å². The molecule has 0 saturated heterocycles. The molecule has 0 fully saturated rings. The minimum atomic E-state index is -4.54. The number of benzene rings is 1. The Labute approximate surface area is 121 Å². The first kappa shape index (κ1) is 16.8. The van der Waals surface area contributed by atoms with Gasteiger partial charge in [0.25, 0.3) is 0 Å². The topological polar surface area (TPSA) is 81.3 Å². The van der Waals surface area contributed by atoms with Gasteiger partial charge in [-0.3, -0.25) is 0 Å². The minimum Gasteiger partial charge on any atom is -0.744 e. The van der Waals surface area contributed by atoms with E-state index in [1.165, 1.54) is 6.07 Å². The first-order valence-electron chi connectivity index (χ1n) is 6.44. The molecule has 1 aromatic rings. The third-order valence-electron chi connectivity index (χ3n) is 2.28. The van der Waals surface area contributed by atoms with Crippen LogP contribution in [0, 0.1) is 0 Å². The van der Waals surface area contributed by atoms with Gasteiger partial charge in [0.15, 0.2) is 0 Å². The molecule has 0 spiro atoms. The summed E-state index contributed by atoms with van der Waals surface area (Å²) in [6, 6.07) is 4.75. The highest BCUT2D eigenvalue weighted by molar-refractivity contribution is 7.86. The average Bonchev–Trinajstić information content (AvgIpc) is 2.14. The van der Waals surface area contributed by atoms with Crippen LogP contribution in [0.25, 0.3) is 0 Å². The number of anilines is 2. The molecule has 0 amide bonds. The van der Waals surface area contributed by atoms with E-state index < -0.39 is 10.1 Å². The zero-order chi connectivity index (χ0) is 15.8. The van der Waals surface area contributed by atoms with Gasteiger partial charge in [-0.15, -0.1) is 0 Å². The van der Waals surface area contributed by atoms with Crippen molar-refractivity contribution in [1.29, 1.82) is 0 Å². The van der Waals surface area contributed by atoms with Crippen LogP contribution >= 0.6 is 0 Å². The van der Waals surface area contributed by atoms with Crippen LogP contribution in [-0.2, 0) is 10.1 Å². The molecular formula is C14H23N2O3S-. The lowest BCUT2D eigenvalue weighted by Gasteiger charge is -2.27. The summed E-state index contributed by atoms with van der Waals surface area (Å²) in [6.45, 7) is 11.6. The monoisotopic (exact) mass is 299 g/mol. The molecule has 1 aromatic carbocycles. The molecule has 0 aliphatic carbocycles. The summed E-state index contributed by atoms with van der Waals surface area (Å²) in [7, 11) is -4.54. The summed E-state index contributed by atoms with van der Waals surface area (Å²) in [5.74, 6) is 0. The van der Waals surface area contributed by atoms with Crippen LogP contribution in [0.2, 0.25) is 0 Å². The second-order valence-corrected chi connectivity index (χ2v) is 8.26. The number of nitrogens with one attached hydrogen (secondary N) is 2. The van der Waals surface area contributed by atoms with E-state index in [0.29, 0.717) is 11.4 Å². The maximum Gasteiger partial charge on any atom is 0.126 e. The maximum absolute atomic E-state index is 11.4. The Kier molecular flexibility index (Phi) is 4.41. The molecular weight excluding hydrogens is 276 g/mol. The highest BCUT2D eigenvalue weighted by Crippen LogP contribution is 2.28. The zero-order valence-corrected chi connectivity index (χ0v) is 13.7. The summed E-state index contributed by atoms with van der Waals surface area (Å²) in [5, 5.41) is 6.19. The lowest BCUT2D eigenvalue weighted by atomic mass is 10.1. The summed E-state index contributed by atoms with van der Waals surface area (Å²) in [4.78, 5) is -0.235. The predicted molar refractivity (Wildman–Crippen MR) is 81.2 cm³/mol. The Morgan fingerprint density at radius 3 is 1.85 bits per heavy atom. The van der Waals surface area contributed by atoms with Gasteiger partial charge in [-0.2, -0.15) is 0 Å². The standard InChI is InChI=1S/C14H24N2O3S/c1-13(2,3)15-10-7-8-11(16-14(4,5)6)12(9-10)20(17,18)19/h7-9,15-16H,1-6H3,(H,17,18,19)/p-1. The summed E-state index contributed by atoms with van der Waals surface area (Å²) < 4.78 is 34.3. The van der Waals surface area contributed by atoms with Gasteiger partial charge in [-0.1, -0.05) is 0 Å². The molecule has 114 valence electrons. The second kappa shape index (κ2) is 5.26. The zero-order valence-electron chi connectivity index (χ0n) is 12.9. The minimum absolute atomic E-state index is 0.219. The molecule has 0 saturated carbocycles. The molecule has 5 nitrogen and oxygen atoms in total. The van der Waals surface area contributed by atoms with Crippen LogP contribution < -0.4 is 10.6 Å². The largest absolute Gasteiger partial charge is 0.744 e. The van der Waals surface area contributed by atoms with Crippen molar-refractivity contribution in [2.45, 2.75) is 57.5 Å². The molecule has 0 aliphatic heterocycles. The molecule has 1 rings (SSSR count). The van der Waals surface area contributed by atoms with Crippen LogP contribution in [0.5, 0.6) is 0 Å². The van der Waals surface area contributed by atoms with Crippen molar-refractivity contribution in [3.05, 3.63) is 18.2 Å². The van der Waals surface area contributed by atoms with E-state index in [9.17, 15) is 13.0 Å². The molecule has 0 bridgehead atoms. The molecule has 0 aliphatic rings. The lowest BCUT2D eigenvalue weighted by Crippen LogP contribution is -2.28. The van der Waals surface area contributed by atoms with Gasteiger partial charge >= 0.3 is 0 Å². The Morgan fingerprint density at radius 1 is 0.950 bits per heavy atom. The van der Waals surface area contributed by atoms with E-state index in [0.717, 1.165) is 0 Å². The fourth-order valence-electron chi connectivity index (χ4n) is 1.75. The maximum atomic E-state index is 11.4. The quantitative estimate of drug-likeness (QED) is 0.838. The fourth-order valence-corrected chi connectivity index (χ4v) is 2.41. The van der Waals surface area contributed by atoms with Crippen molar-refractivity contribution in [2.24, 2.45) is 0 Å². The predicted octanol–water partition coefficient (Wildman–Crippen LogP) is 3.01. The Bertz CT molecular complexity index is 581. The van der Waals surface area contributed by atoms with Gasteiger partial charge in [-0.25, -0.2) is 8.42 Å². The van der Waals surface area contributed by atoms with E-state index in [2.05, 4.69) is 10.6 Å². The van der Waals surface area contributed by atoms with Crippen molar-refractivity contribution in [3.8, 4) is 0 Å². The molecule has 0 atom stereocenters. The van der Waals surface area contributed by atoms with Crippen molar-refractivity contribution in [2.75, 3.05) is 10.6 Å². The third-order valence-corrected chi connectivity index (χ3v) is 3.16. The fraction of sp³-hybridized carbons (Fsp3) is 0.571. The van der Waals surface area contributed by atoms with E-state index in [1.807, 2.05) is 41.5 Å². The molecule has 2 N–H and O–H groups in total. The van der Waals surface area contributed by atoms with Gasteiger partial charge in [-0.05, 0) is 59.7 Å². The third kappa shape index (κ3) is 5.38. The van der Waals surface area contributed by atoms with Crippen LogP contribution in [0.1, 0.15) is 41.5 Å². The van der Waals surface area contributed by atoms with Gasteiger partial charge in [0.05, 0.1) is 10.6 Å². The van der Waals surface area contributed by atoms with E-state index in [1.54, 1.807) is 12.1 Å². The summed E-state index contributed by atoms with van der Waals surface area (Å²) in [5.41, 5.74) is 0.375. The molecule has 6 heteroatoms. The van der Waals surface area contributed by atoms with Crippen molar-refractivity contribution in [3.63, 3.8) is 0 Å². The van der Waals surface area contributed by atoms with Crippen molar-refractivity contribution >= 4 is 21.5 Å². The average molecular weight is 299 g/mol. The van der Waals surface area contributed by atoms with Crippen LogP contribution in [0.4, 0.5) is 11.4 Å². The molecule has 0 aromatic heterocycles. The SMILES string of the molecule is CC(C)(C)Nc1ccc(NC(C)(C)C)c(S(=O)(=O)[O-])c1. The smallest absolute Gasteiger partial charge is 0.126 e. The van der Waals surface area contributed by atoms with Gasteiger partial charge in [0.1, 0.15) is 10.1 Å². The Balaban J connectivity index is 3.28. The highest BCUT2D eigenvalue weighted by Gasteiger charge is 2.17. The molecule has 20 heavy (non-hydrogen) atoms. The molecule has 0 radical (unpaired) electrons. The lowest BCUT2D eigenvalue weighted by molar-refractivity contribution is 0.463. The van der Waals surface area contributed by atoms with Gasteiger partial charge in [0, 0.05) is 16.8 Å². The van der Waals surface area contributed by atoms with Gasteiger partial charge < -0.3 is 15.2 Å². The first-order valence-corrected chi connectivity index (χ1v) is 7.85. The number of rotatable bonds is 3. The van der Waals surface area contributed by atoms with E-state index in [-0.39, 0.29) is 16.0 Å².